The zero-order chi connectivity index (χ0) is 12.7. The Morgan fingerprint density at radius 2 is 2.06 bits per heavy atom. The van der Waals surface area contributed by atoms with E-state index in [1.165, 1.54) is 6.20 Å². The SMILES string of the molecule is CC(=C\N)/C(=C/CN)Nc1ccc(C#N)cc1. The maximum Gasteiger partial charge on any atom is 0.0991 e. The zero-order valence-electron chi connectivity index (χ0n) is 9.77. The van der Waals surface area contributed by atoms with Crippen LogP contribution in [0.15, 0.2) is 47.8 Å². The van der Waals surface area contributed by atoms with Gasteiger partial charge in [-0.05, 0) is 49.0 Å². The lowest BCUT2D eigenvalue weighted by atomic mass is 10.2. The molecular formula is C13H16N4. The highest BCUT2D eigenvalue weighted by molar-refractivity contribution is 5.54. The van der Waals surface area contributed by atoms with E-state index < -0.39 is 0 Å². The molecule has 0 saturated heterocycles. The molecule has 0 aliphatic rings. The summed E-state index contributed by atoms with van der Waals surface area (Å²) < 4.78 is 0. The molecule has 1 aromatic carbocycles. The molecule has 0 unspecified atom stereocenters. The molecule has 0 heterocycles. The highest BCUT2D eigenvalue weighted by atomic mass is 14.9. The third-order valence-electron chi connectivity index (χ3n) is 2.29. The molecule has 88 valence electrons. The smallest absolute Gasteiger partial charge is 0.0991 e. The highest BCUT2D eigenvalue weighted by Gasteiger charge is 2.00. The van der Waals surface area contributed by atoms with Crippen molar-refractivity contribution >= 4 is 5.69 Å². The Morgan fingerprint density at radius 1 is 1.41 bits per heavy atom. The van der Waals surface area contributed by atoms with Crippen LogP contribution in [-0.2, 0) is 0 Å². The number of nitrogens with zero attached hydrogens (tertiary/aromatic N) is 1. The molecule has 0 bridgehead atoms. The largest absolute Gasteiger partial charge is 0.404 e. The Hall–Kier alpha value is -2.25. The molecule has 0 saturated carbocycles. The van der Waals surface area contributed by atoms with Gasteiger partial charge in [0.25, 0.3) is 0 Å². The second-order valence-electron chi connectivity index (χ2n) is 3.52. The van der Waals surface area contributed by atoms with Crippen molar-refractivity contribution in [3.63, 3.8) is 0 Å². The number of anilines is 1. The predicted molar refractivity (Wildman–Crippen MR) is 69.9 cm³/mol. The number of hydrogen-bond donors (Lipinski definition) is 3. The number of nitrogens with one attached hydrogen (secondary N) is 1. The van der Waals surface area contributed by atoms with E-state index in [1.807, 2.05) is 25.1 Å². The van der Waals surface area contributed by atoms with E-state index in [9.17, 15) is 0 Å². The predicted octanol–water partition coefficient (Wildman–Crippen LogP) is 1.68. The molecule has 0 radical (unpaired) electrons. The van der Waals surface area contributed by atoms with Crippen LogP contribution in [0.3, 0.4) is 0 Å². The van der Waals surface area contributed by atoms with Gasteiger partial charge in [-0.1, -0.05) is 0 Å². The third-order valence-corrected chi connectivity index (χ3v) is 2.29. The number of rotatable bonds is 4. The normalized spacial score (nSPS) is 12.1. The van der Waals surface area contributed by atoms with Crippen molar-refractivity contribution in [2.45, 2.75) is 6.92 Å². The van der Waals surface area contributed by atoms with Crippen LogP contribution >= 0.6 is 0 Å². The summed E-state index contributed by atoms with van der Waals surface area (Å²) in [6, 6.07) is 9.26. The van der Waals surface area contributed by atoms with Crippen molar-refractivity contribution in [2.75, 3.05) is 11.9 Å². The van der Waals surface area contributed by atoms with Crippen LogP contribution in [0.5, 0.6) is 0 Å². The third kappa shape index (κ3) is 3.67. The maximum atomic E-state index is 8.70. The molecule has 1 rings (SSSR count). The van der Waals surface area contributed by atoms with Crippen LogP contribution < -0.4 is 16.8 Å². The van der Waals surface area contributed by atoms with Gasteiger partial charge in [0.15, 0.2) is 0 Å². The molecule has 0 aromatic heterocycles. The van der Waals surface area contributed by atoms with Crippen LogP contribution in [0.25, 0.3) is 0 Å². The first-order valence-electron chi connectivity index (χ1n) is 5.27. The summed E-state index contributed by atoms with van der Waals surface area (Å²) >= 11 is 0. The van der Waals surface area contributed by atoms with Gasteiger partial charge in [0.05, 0.1) is 11.6 Å². The lowest BCUT2D eigenvalue weighted by molar-refractivity contribution is 1.20. The van der Waals surface area contributed by atoms with E-state index in [4.69, 9.17) is 16.7 Å². The van der Waals surface area contributed by atoms with Gasteiger partial charge in [-0.15, -0.1) is 0 Å². The van der Waals surface area contributed by atoms with Crippen LogP contribution in [-0.4, -0.2) is 6.54 Å². The zero-order valence-corrected chi connectivity index (χ0v) is 9.77. The van der Waals surface area contributed by atoms with Crippen molar-refractivity contribution < 1.29 is 0 Å². The Balaban J connectivity index is 2.87. The summed E-state index contributed by atoms with van der Waals surface area (Å²) in [6.45, 7) is 2.34. The minimum atomic E-state index is 0.434. The Labute approximate surface area is 101 Å². The van der Waals surface area contributed by atoms with Gasteiger partial charge in [0.2, 0.25) is 0 Å². The van der Waals surface area contributed by atoms with Crippen molar-refractivity contribution in [3.05, 3.63) is 53.4 Å². The minimum absolute atomic E-state index is 0.434. The van der Waals surface area contributed by atoms with Crippen LogP contribution in [0, 0.1) is 11.3 Å². The molecule has 0 spiro atoms. The number of hydrogen-bond acceptors (Lipinski definition) is 4. The van der Waals surface area contributed by atoms with Gasteiger partial charge in [0, 0.05) is 17.9 Å². The van der Waals surface area contributed by atoms with Crippen LogP contribution in [0.4, 0.5) is 5.69 Å². The van der Waals surface area contributed by atoms with E-state index in [0.29, 0.717) is 12.1 Å². The van der Waals surface area contributed by atoms with Crippen molar-refractivity contribution in [3.8, 4) is 6.07 Å². The molecule has 0 atom stereocenters. The van der Waals surface area contributed by atoms with Gasteiger partial charge in [-0.3, -0.25) is 0 Å². The lowest BCUT2D eigenvalue weighted by Crippen LogP contribution is -2.06. The Bertz CT molecular complexity index is 463. The Kier molecular flexibility index (Phi) is 4.79. The second-order valence-corrected chi connectivity index (χ2v) is 3.52. The van der Waals surface area contributed by atoms with Gasteiger partial charge < -0.3 is 16.8 Å². The first kappa shape index (κ1) is 12.8. The average molecular weight is 228 g/mol. The van der Waals surface area contributed by atoms with Gasteiger partial charge >= 0.3 is 0 Å². The fraction of sp³-hybridized carbons (Fsp3) is 0.154. The fourth-order valence-corrected chi connectivity index (χ4v) is 1.30. The topological polar surface area (TPSA) is 87.9 Å². The van der Waals surface area contributed by atoms with Gasteiger partial charge in [-0.2, -0.15) is 5.26 Å². The number of nitrogens with two attached hydrogens (primary N) is 2. The van der Waals surface area contributed by atoms with E-state index in [-0.39, 0.29) is 0 Å². The Morgan fingerprint density at radius 3 is 2.53 bits per heavy atom. The summed E-state index contributed by atoms with van der Waals surface area (Å²) in [7, 11) is 0. The monoisotopic (exact) mass is 228 g/mol. The van der Waals surface area contributed by atoms with Crippen LogP contribution in [0.2, 0.25) is 0 Å². The van der Waals surface area contributed by atoms with E-state index in [1.54, 1.807) is 12.1 Å². The summed E-state index contributed by atoms with van der Waals surface area (Å²) in [5, 5.41) is 11.9. The van der Waals surface area contributed by atoms with Crippen molar-refractivity contribution in [1.82, 2.24) is 0 Å². The first-order valence-corrected chi connectivity index (χ1v) is 5.27. The summed E-state index contributed by atoms with van der Waals surface area (Å²) in [5.41, 5.74) is 14.3. The minimum Gasteiger partial charge on any atom is -0.404 e. The number of allylic oxidation sites excluding steroid dienone is 1. The van der Waals surface area contributed by atoms with E-state index in [2.05, 4.69) is 11.4 Å². The quantitative estimate of drug-likeness (QED) is 0.684. The fourth-order valence-electron chi connectivity index (χ4n) is 1.30. The van der Waals surface area contributed by atoms with Crippen LogP contribution in [0.1, 0.15) is 12.5 Å². The molecule has 0 amide bonds. The molecule has 17 heavy (non-hydrogen) atoms. The van der Waals surface area contributed by atoms with Gasteiger partial charge in [-0.25, -0.2) is 0 Å². The molecule has 0 aliphatic carbocycles. The summed E-state index contributed by atoms with van der Waals surface area (Å²) in [4.78, 5) is 0. The summed E-state index contributed by atoms with van der Waals surface area (Å²) in [6.07, 6.45) is 3.38. The lowest BCUT2D eigenvalue weighted by Gasteiger charge is -2.11. The number of benzene rings is 1. The second kappa shape index (κ2) is 6.36. The number of nitriles is 1. The molecule has 0 aliphatic heterocycles. The molecule has 4 heteroatoms. The van der Waals surface area contributed by atoms with Gasteiger partial charge in [0.1, 0.15) is 0 Å². The maximum absolute atomic E-state index is 8.70. The first-order chi connectivity index (χ1) is 8.21. The standard InChI is InChI=1S/C13H16N4/c1-10(8-15)13(6-7-14)17-12-4-2-11(9-16)3-5-12/h2-6,8,17H,7,14-15H2,1H3/b10-8+,13-6-. The average Bonchev–Trinajstić information content (AvgIpc) is 2.38. The van der Waals surface area contributed by atoms with E-state index >= 15 is 0 Å². The molecular weight excluding hydrogens is 212 g/mol. The van der Waals surface area contributed by atoms with Crippen molar-refractivity contribution in [1.29, 1.82) is 5.26 Å². The molecule has 5 N–H and O–H groups in total. The summed E-state index contributed by atoms with van der Waals surface area (Å²) in [5.74, 6) is 0. The molecule has 4 nitrogen and oxygen atoms in total. The van der Waals surface area contributed by atoms with E-state index in [0.717, 1.165) is 17.0 Å². The highest BCUT2D eigenvalue weighted by Crippen LogP contribution is 2.15. The van der Waals surface area contributed by atoms with Crippen molar-refractivity contribution in [2.24, 2.45) is 11.5 Å². The molecule has 0 fully saturated rings. The molecule has 1 aromatic rings.